The van der Waals surface area contributed by atoms with E-state index in [1.165, 1.54) is 12.5 Å². The van der Waals surface area contributed by atoms with Gasteiger partial charge in [-0.2, -0.15) is 0 Å². The second kappa shape index (κ2) is 6.15. The van der Waals surface area contributed by atoms with Gasteiger partial charge in [-0.15, -0.1) is 0 Å². The molecule has 3 saturated carbocycles. The summed E-state index contributed by atoms with van der Waals surface area (Å²) in [5.74, 6) is 0.981. The molecule has 4 fully saturated rings. The Labute approximate surface area is 160 Å². The number of esters is 1. The van der Waals surface area contributed by atoms with Gasteiger partial charge in [0, 0.05) is 31.1 Å². The number of rotatable bonds is 1. The van der Waals surface area contributed by atoms with Crippen molar-refractivity contribution < 1.29 is 23.8 Å². The SMILES string of the molecule is CC(=O)O[C@H]1CC[C@H]2[C@@H]3C(=O)C=C4CC5(CC[C@@H]4[C@H]3CC[C@]12C)OCCO5. The smallest absolute Gasteiger partial charge is 0.302 e. The normalized spacial score (nSPS) is 45.0. The lowest BCUT2D eigenvalue weighted by molar-refractivity contribution is -0.177. The quantitative estimate of drug-likeness (QED) is 0.658. The minimum absolute atomic E-state index is 0.0333. The molecule has 5 rings (SSSR count). The molecule has 0 aromatic carbocycles. The Bertz CT molecular complexity index is 691. The molecule has 1 heterocycles. The van der Waals surface area contributed by atoms with Gasteiger partial charge in [0.25, 0.3) is 0 Å². The fraction of sp³-hybridized carbons (Fsp3) is 0.818. The summed E-state index contributed by atoms with van der Waals surface area (Å²) in [5, 5.41) is 0. The van der Waals surface area contributed by atoms with Crippen LogP contribution in [0.1, 0.15) is 58.8 Å². The molecule has 0 aromatic rings. The molecule has 0 N–H and O–H groups in total. The lowest BCUT2D eigenvalue weighted by Crippen LogP contribution is -2.52. The molecule has 1 aliphatic heterocycles. The van der Waals surface area contributed by atoms with Crippen LogP contribution in [0.3, 0.4) is 0 Å². The van der Waals surface area contributed by atoms with Gasteiger partial charge in [-0.1, -0.05) is 12.5 Å². The van der Waals surface area contributed by atoms with Crippen LogP contribution in [0.25, 0.3) is 0 Å². The molecule has 6 atom stereocenters. The molecule has 148 valence electrons. The van der Waals surface area contributed by atoms with E-state index in [1.807, 2.05) is 6.08 Å². The van der Waals surface area contributed by atoms with Crippen LogP contribution >= 0.6 is 0 Å². The molecule has 5 heteroatoms. The summed E-state index contributed by atoms with van der Waals surface area (Å²) in [7, 11) is 0. The molecule has 5 nitrogen and oxygen atoms in total. The van der Waals surface area contributed by atoms with Crippen molar-refractivity contribution in [2.45, 2.75) is 70.7 Å². The highest BCUT2D eigenvalue weighted by atomic mass is 16.7. The van der Waals surface area contributed by atoms with Gasteiger partial charge < -0.3 is 14.2 Å². The van der Waals surface area contributed by atoms with Gasteiger partial charge in [-0.3, -0.25) is 9.59 Å². The number of carbonyl (C=O) groups is 2. The summed E-state index contributed by atoms with van der Waals surface area (Å²) >= 11 is 0. The maximum atomic E-state index is 13.2. The minimum atomic E-state index is -0.466. The standard InChI is InChI=1S/C22H30O5/c1-13(23)27-19-4-3-17-20-16(5-7-21(17,19)2)15-6-8-22(25-9-10-26-22)12-14(15)11-18(20)24/h11,15-17,19-20H,3-10,12H2,1-2H3/t15-,16+,17-,19-,20+,21-/m0/s1. The topological polar surface area (TPSA) is 61.8 Å². The highest BCUT2D eigenvalue weighted by Crippen LogP contribution is 2.62. The monoisotopic (exact) mass is 374 g/mol. The Morgan fingerprint density at radius 1 is 1.15 bits per heavy atom. The predicted molar refractivity (Wildman–Crippen MR) is 97.7 cm³/mol. The van der Waals surface area contributed by atoms with Crippen molar-refractivity contribution in [2.24, 2.45) is 29.1 Å². The third-order valence-electron chi connectivity index (χ3n) is 8.31. The van der Waals surface area contributed by atoms with Crippen molar-refractivity contribution in [1.82, 2.24) is 0 Å². The Balaban J connectivity index is 1.42. The van der Waals surface area contributed by atoms with Gasteiger partial charge in [-0.05, 0) is 55.9 Å². The molecule has 27 heavy (non-hydrogen) atoms. The van der Waals surface area contributed by atoms with E-state index in [2.05, 4.69) is 6.92 Å². The zero-order valence-electron chi connectivity index (χ0n) is 16.4. The fourth-order valence-corrected chi connectivity index (χ4v) is 7.14. The Kier molecular flexibility index (Phi) is 4.07. The first-order valence-electron chi connectivity index (χ1n) is 10.6. The van der Waals surface area contributed by atoms with E-state index in [0.29, 0.717) is 36.8 Å². The van der Waals surface area contributed by atoms with E-state index in [0.717, 1.165) is 44.9 Å². The van der Waals surface area contributed by atoms with E-state index in [1.54, 1.807) is 0 Å². The van der Waals surface area contributed by atoms with Gasteiger partial charge >= 0.3 is 5.97 Å². The molecule has 0 unspecified atom stereocenters. The minimum Gasteiger partial charge on any atom is -0.462 e. The summed E-state index contributed by atoms with van der Waals surface area (Å²) < 4.78 is 17.5. The van der Waals surface area contributed by atoms with Crippen molar-refractivity contribution in [3.05, 3.63) is 11.6 Å². The summed E-state index contributed by atoms with van der Waals surface area (Å²) in [6.45, 7) is 5.07. The predicted octanol–water partition coefficient (Wildman–Crippen LogP) is 3.41. The van der Waals surface area contributed by atoms with E-state index >= 15 is 0 Å². The van der Waals surface area contributed by atoms with Crippen molar-refractivity contribution in [2.75, 3.05) is 13.2 Å². The third kappa shape index (κ3) is 2.65. The summed E-state index contributed by atoms with van der Waals surface area (Å²) in [4.78, 5) is 24.8. The van der Waals surface area contributed by atoms with Gasteiger partial charge in [-0.25, -0.2) is 0 Å². The second-order valence-corrected chi connectivity index (χ2v) is 9.57. The first-order chi connectivity index (χ1) is 12.9. The molecule has 4 aliphatic carbocycles. The van der Waals surface area contributed by atoms with Gasteiger partial charge in [0.2, 0.25) is 0 Å². The zero-order chi connectivity index (χ0) is 18.8. The van der Waals surface area contributed by atoms with Crippen LogP contribution in [0.5, 0.6) is 0 Å². The maximum absolute atomic E-state index is 13.2. The maximum Gasteiger partial charge on any atom is 0.302 e. The zero-order valence-corrected chi connectivity index (χ0v) is 16.4. The van der Waals surface area contributed by atoms with Crippen LogP contribution in [-0.4, -0.2) is 36.9 Å². The molecule has 1 spiro atoms. The number of ether oxygens (including phenoxy) is 3. The van der Waals surface area contributed by atoms with E-state index in [-0.39, 0.29) is 23.4 Å². The van der Waals surface area contributed by atoms with Crippen molar-refractivity contribution in [3.8, 4) is 0 Å². The Hall–Kier alpha value is -1.20. The average Bonchev–Trinajstić information content (AvgIpc) is 3.19. The molecule has 0 amide bonds. The number of hydrogen-bond acceptors (Lipinski definition) is 5. The summed E-state index contributed by atoms with van der Waals surface area (Å²) in [5.41, 5.74) is 1.20. The van der Waals surface area contributed by atoms with Gasteiger partial charge in [0.15, 0.2) is 11.6 Å². The molecular formula is C22H30O5. The lowest BCUT2D eigenvalue weighted by atomic mass is 9.52. The van der Waals surface area contributed by atoms with E-state index in [4.69, 9.17) is 14.2 Å². The number of allylic oxidation sites excluding steroid dienone is 1. The molecule has 0 aromatic heterocycles. The molecule has 0 radical (unpaired) electrons. The number of carbonyl (C=O) groups excluding carboxylic acids is 2. The highest BCUT2D eigenvalue weighted by Gasteiger charge is 2.60. The van der Waals surface area contributed by atoms with Gasteiger partial charge in [0.1, 0.15) is 6.10 Å². The van der Waals surface area contributed by atoms with Crippen LogP contribution in [0.4, 0.5) is 0 Å². The number of fused-ring (bicyclic) bond motifs is 5. The Morgan fingerprint density at radius 2 is 1.93 bits per heavy atom. The molecular weight excluding hydrogens is 344 g/mol. The molecule has 5 aliphatic rings. The van der Waals surface area contributed by atoms with E-state index in [9.17, 15) is 9.59 Å². The lowest BCUT2D eigenvalue weighted by Gasteiger charge is -2.53. The largest absolute Gasteiger partial charge is 0.462 e. The van der Waals surface area contributed by atoms with Crippen LogP contribution in [0, 0.1) is 29.1 Å². The number of hydrogen-bond donors (Lipinski definition) is 0. The summed E-state index contributed by atoms with van der Waals surface area (Å²) in [6.07, 6.45) is 8.63. The highest BCUT2D eigenvalue weighted by molar-refractivity contribution is 5.94. The second-order valence-electron chi connectivity index (χ2n) is 9.57. The van der Waals surface area contributed by atoms with Crippen molar-refractivity contribution in [3.63, 3.8) is 0 Å². The van der Waals surface area contributed by atoms with Crippen molar-refractivity contribution >= 4 is 11.8 Å². The van der Waals surface area contributed by atoms with E-state index < -0.39 is 5.79 Å². The molecule has 1 saturated heterocycles. The summed E-state index contributed by atoms with van der Waals surface area (Å²) in [6, 6.07) is 0. The first kappa shape index (κ1) is 17.9. The van der Waals surface area contributed by atoms with Crippen LogP contribution in [0.2, 0.25) is 0 Å². The average molecular weight is 374 g/mol. The molecule has 0 bridgehead atoms. The van der Waals surface area contributed by atoms with Crippen LogP contribution < -0.4 is 0 Å². The van der Waals surface area contributed by atoms with Crippen LogP contribution in [-0.2, 0) is 23.8 Å². The number of ketones is 1. The third-order valence-corrected chi connectivity index (χ3v) is 8.31. The van der Waals surface area contributed by atoms with Gasteiger partial charge in [0.05, 0.1) is 13.2 Å². The Morgan fingerprint density at radius 3 is 2.67 bits per heavy atom. The fourth-order valence-electron chi connectivity index (χ4n) is 7.14. The van der Waals surface area contributed by atoms with Crippen molar-refractivity contribution in [1.29, 1.82) is 0 Å². The van der Waals surface area contributed by atoms with Crippen LogP contribution in [0.15, 0.2) is 11.6 Å². The first-order valence-corrected chi connectivity index (χ1v) is 10.6.